The monoisotopic (exact) mass is 343 g/mol. The lowest BCUT2D eigenvalue weighted by molar-refractivity contribution is 0.0614. The number of hydrogen-bond acceptors (Lipinski definition) is 5. The first-order valence-corrected chi connectivity index (χ1v) is 8.75. The van der Waals surface area contributed by atoms with Gasteiger partial charge in [0.05, 0.1) is 24.4 Å². The standard InChI is InChI=1S/C19H25N3O3/c1-4-24-17-8-6-5-7-16(17)19(23)22-11-9-21(10-12-22)13-18-20-14(2)15(3)25-18/h5-8H,4,9-13H2,1-3H3. The number of nitrogens with zero attached hydrogens (tertiary/aromatic N) is 3. The molecule has 0 spiro atoms. The Kier molecular flexibility index (Phi) is 5.38. The number of rotatable bonds is 5. The largest absolute Gasteiger partial charge is 0.493 e. The second kappa shape index (κ2) is 7.70. The van der Waals surface area contributed by atoms with Gasteiger partial charge in [-0.3, -0.25) is 9.69 Å². The normalized spacial score (nSPS) is 15.4. The third kappa shape index (κ3) is 4.02. The van der Waals surface area contributed by atoms with Gasteiger partial charge in [0.2, 0.25) is 5.89 Å². The van der Waals surface area contributed by atoms with Crippen molar-refractivity contribution in [1.82, 2.24) is 14.8 Å². The van der Waals surface area contributed by atoms with Gasteiger partial charge < -0.3 is 14.1 Å². The van der Waals surface area contributed by atoms with E-state index in [1.54, 1.807) is 0 Å². The van der Waals surface area contributed by atoms with Crippen molar-refractivity contribution in [2.75, 3.05) is 32.8 Å². The first-order valence-electron chi connectivity index (χ1n) is 8.75. The van der Waals surface area contributed by atoms with E-state index in [9.17, 15) is 4.79 Å². The van der Waals surface area contributed by atoms with Crippen LogP contribution in [0.4, 0.5) is 0 Å². The minimum atomic E-state index is 0.0338. The van der Waals surface area contributed by atoms with Crippen LogP contribution in [0, 0.1) is 13.8 Å². The van der Waals surface area contributed by atoms with Crippen LogP contribution in [0.5, 0.6) is 5.75 Å². The van der Waals surface area contributed by atoms with Crippen molar-refractivity contribution in [3.63, 3.8) is 0 Å². The molecule has 6 nitrogen and oxygen atoms in total. The molecule has 25 heavy (non-hydrogen) atoms. The van der Waals surface area contributed by atoms with Gasteiger partial charge >= 0.3 is 0 Å². The maximum Gasteiger partial charge on any atom is 0.257 e. The van der Waals surface area contributed by atoms with Crippen LogP contribution < -0.4 is 4.74 Å². The molecule has 1 fully saturated rings. The molecular formula is C19H25N3O3. The number of para-hydroxylation sites is 1. The van der Waals surface area contributed by atoms with Gasteiger partial charge in [-0.15, -0.1) is 0 Å². The Hall–Kier alpha value is -2.34. The topological polar surface area (TPSA) is 58.8 Å². The highest BCUT2D eigenvalue weighted by Crippen LogP contribution is 2.21. The van der Waals surface area contributed by atoms with Gasteiger partial charge in [0.1, 0.15) is 11.5 Å². The SMILES string of the molecule is CCOc1ccccc1C(=O)N1CCN(Cc2nc(C)c(C)o2)CC1. The second-order valence-corrected chi connectivity index (χ2v) is 6.25. The Balaban J connectivity index is 1.59. The van der Waals surface area contributed by atoms with Gasteiger partial charge in [0, 0.05) is 26.2 Å². The summed E-state index contributed by atoms with van der Waals surface area (Å²) in [4.78, 5) is 21.4. The average molecular weight is 343 g/mol. The molecule has 0 N–H and O–H groups in total. The van der Waals surface area contributed by atoms with Crippen LogP contribution in [0.15, 0.2) is 28.7 Å². The van der Waals surface area contributed by atoms with Crippen LogP contribution in [0.1, 0.15) is 34.6 Å². The van der Waals surface area contributed by atoms with Gasteiger partial charge in [0.15, 0.2) is 0 Å². The molecule has 2 heterocycles. The van der Waals surface area contributed by atoms with Gasteiger partial charge in [-0.1, -0.05) is 12.1 Å². The summed E-state index contributed by atoms with van der Waals surface area (Å²) in [6.45, 7) is 10.0. The Labute approximate surface area is 148 Å². The number of carbonyl (C=O) groups excluding carboxylic acids is 1. The molecule has 0 saturated carbocycles. The highest BCUT2D eigenvalue weighted by molar-refractivity contribution is 5.97. The number of benzene rings is 1. The van der Waals surface area contributed by atoms with E-state index in [4.69, 9.17) is 9.15 Å². The van der Waals surface area contributed by atoms with Crippen LogP contribution in [-0.2, 0) is 6.54 Å². The molecule has 1 aromatic heterocycles. The zero-order chi connectivity index (χ0) is 17.8. The van der Waals surface area contributed by atoms with E-state index in [2.05, 4.69) is 9.88 Å². The molecule has 2 aromatic rings. The molecule has 0 bridgehead atoms. The molecule has 1 amide bonds. The fourth-order valence-electron chi connectivity index (χ4n) is 3.00. The van der Waals surface area contributed by atoms with Gasteiger partial charge in [-0.25, -0.2) is 4.98 Å². The van der Waals surface area contributed by atoms with Gasteiger partial charge in [-0.05, 0) is 32.9 Å². The number of aromatic nitrogens is 1. The summed E-state index contributed by atoms with van der Waals surface area (Å²) in [5.74, 6) is 2.31. The van der Waals surface area contributed by atoms with Crippen LogP contribution in [0.3, 0.4) is 0 Å². The predicted molar refractivity (Wildman–Crippen MR) is 94.8 cm³/mol. The number of ether oxygens (including phenoxy) is 1. The van der Waals surface area contributed by atoms with E-state index in [-0.39, 0.29) is 5.91 Å². The van der Waals surface area contributed by atoms with Crippen molar-refractivity contribution >= 4 is 5.91 Å². The molecule has 0 unspecified atom stereocenters. The lowest BCUT2D eigenvalue weighted by atomic mass is 10.1. The first-order chi connectivity index (χ1) is 12.1. The molecule has 6 heteroatoms. The highest BCUT2D eigenvalue weighted by Gasteiger charge is 2.25. The summed E-state index contributed by atoms with van der Waals surface area (Å²) in [6.07, 6.45) is 0. The molecule has 1 aliphatic rings. The number of hydrogen-bond donors (Lipinski definition) is 0. The van der Waals surface area contributed by atoms with Crippen molar-refractivity contribution in [3.8, 4) is 5.75 Å². The summed E-state index contributed by atoms with van der Waals surface area (Å²) < 4.78 is 11.2. The van der Waals surface area contributed by atoms with Crippen LogP contribution in [0.2, 0.25) is 0 Å². The minimum Gasteiger partial charge on any atom is -0.493 e. The Bertz CT molecular complexity index is 714. The van der Waals surface area contributed by atoms with Crippen LogP contribution in [0.25, 0.3) is 0 Å². The molecule has 1 aromatic carbocycles. The summed E-state index contributed by atoms with van der Waals surface area (Å²) >= 11 is 0. The number of carbonyl (C=O) groups is 1. The zero-order valence-corrected chi connectivity index (χ0v) is 15.1. The molecule has 0 aliphatic carbocycles. The van der Waals surface area contributed by atoms with Crippen LogP contribution >= 0.6 is 0 Å². The van der Waals surface area contributed by atoms with Crippen molar-refractivity contribution in [1.29, 1.82) is 0 Å². The molecule has 1 saturated heterocycles. The van der Waals surface area contributed by atoms with Crippen molar-refractivity contribution in [2.45, 2.75) is 27.3 Å². The van der Waals surface area contributed by atoms with E-state index in [1.807, 2.05) is 49.9 Å². The first kappa shape index (κ1) is 17.5. The summed E-state index contributed by atoms with van der Waals surface area (Å²) in [5, 5.41) is 0. The van der Waals surface area contributed by atoms with E-state index in [1.165, 1.54) is 0 Å². The lowest BCUT2D eigenvalue weighted by Crippen LogP contribution is -2.48. The number of oxazole rings is 1. The fraction of sp³-hybridized carbons (Fsp3) is 0.474. The van der Waals surface area contributed by atoms with E-state index in [0.717, 1.165) is 30.4 Å². The Morgan fingerprint density at radius 2 is 1.92 bits per heavy atom. The van der Waals surface area contributed by atoms with Gasteiger partial charge in [-0.2, -0.15) is 0 Å². The summed E-state index contributed by atoms with van der Waals surface area (Å²) in [5.41, 5.74) is 1.58. The number of aryl methyl sites for hydroxylation is 2. The molecule has 134 valence electrons. The molecule has 1 aliphatic heterocycles. The predicted octanol–water partition coefficient (Wildman–Crippen LogP) is 2.65. The van der Waals surface area contributed by atoms with E-state index < -0.39 is 0 Å². The number of piperazine rings is 1. The summed E-state index contributed by atoms with van der Waals surface area (Å²) in [7, 11) is 0. The van der Waals surface area contributed by atoms with Crippen molar-refractivity contribution < 1.29 is 13.9 Å². The smallest absolute Gasteiger partial charge is 0.257 e. The van der Waals surface area contributed by atoms with Crippen LogP contribution in [-0.4, -0.2) is 53.5 Å². The molecule has 0 radical (unpaired) electrons. The quantitative estimate of drug-likeness (QED) is 0.835. The molecule has 3 rings (SSSR count). The van der Waals surface area contributed by atoms with E-state index >= 15 is 0 Å². The van der Waals surface area contributed by atoms with Gasteiger partial charge in [0.25, 0.3) is 5.91 Å². The second-order valence-electron chi connectivity index (χ2n) is 6.25. The van der Waals surface area contributed by atoms with Crippen molar-refractivity contribution in [3.05, 3.63) is 47.2 Å². The number of amides is 1. The molecular weight excluding hydrogens is 318 g/mol. The Morgan fingerprint density at radius 1 is 1.20 bits per heavy atom. The average Bonchev–Trinajstić information content (AvgIpc) is 2.93. The third-order valence-corrected chi connectivity index (χ3v) is 4.51. The lowest BCUT2D eigenvalue weighted by Gasteiger charge is -2.34. The zero-order valence-electron chi connectivity index (χ0n) is 15.1. The summed E-state index contributed by atoms with van der Waals surface area (Å²) in [6, 6.07) is 7.44. The third-order valence-electron chi connectivity index (χ3n) is 4.51. The molecule has 0 atom stereocenters. The Morgan fingerprint density at radius 3 is 2.56 bits per heavy atom. The minimum absolute atomic E-state index is 0.0338. The maximum atomic E-state index is 12.8. The van der Waals surface area contributed by atoms with Crippen molar-refractivity contribution in [2.24, 2.45) is 0 Å². The highest BCUT2D eigenvalue weighted by atomic mass is 16.5. The fourth-order valence-corrected chi connectivity index (χ4v) is 3.00. The van der Waals surface area contributed by atoms with E-state index in [0.29, 0.717) is 37.6 Å². The maximum absolute atomic E-state index is 12.8.